The first kappa shape index (κ1) is 8.26. The van der Waals surface area contributed by atoms with Gasteiger partial charge in [0.1, 0.15) is 11.4 Å². The first-order valence-electron chi connectivity index (χ1n) is 3.80. The number of benzene rings is 1. The quantitative estimate of drug-likeness (QED) is 0.652. The van der Waals surface area contributed by atoms with Gasteiger partial charge in [-0.2, -0.15) is 5.10 Å². The number of aromatic nitrogens is 2. The van der Waals surface area contributed by atoms with E-state index < -0.39 is 0 Å². The van der Waals surface area contributed by atoms with Crippen LogP contribution < -0.4 is 0 Å². The van der Waals surface area contributed by atoms with Crippen LogP contribution in [0.2, 0.25) is 5.15 Å². The van der Waals surface area contributed by atoms with Crippen LogP contribution in [0.4, 0.5) is 0 Å². The molecule has 0 fully saturated rings. The van der Waals surface area contributed by atoms with Gasteiger partial charge in [-0.05, 0) is 18.2 Å². The fourth-order valence-electron chi connectivity index (χ4n) is 1.26. The zero-order valence-corrected chi connectivity index (χ0v) is 7.75. The molecule has 0 aliphatic rings. The van der Waals surface area contributed by atoms with Gasteiger partial charge in [0.15, 0.2) is 0 Å². The summed E-state index contributed by atoms with van der Waals surface area (Å²) < 4.78 is 1.58. The number of hydrogen-bond acceptors (Lipinski definition) is 2. The molecule has 1 heterocycles. The predicted octanol–water partition coefficient (Wildman–Crippen LogP) is 2.04. The third-order valence-corrected chi connectivity index (χ3v) is 2.37. The highest BCUT2D eigenvalue weighted by Crippen LogP contribution is 2.22. The van der Waals surface area contributed by atoms with E-state index in [9.17, 15) is 4.79 Å². The van der Waals surface area contributed by atoms with E-state index >= 15 is 0 Å². The summed E-state index contributed by atoms with van der Waals surface area (Å²) in [6, 6.07) is 5.24. The normalized spacial score (nSPS) is 10.6. The van der Waals surface area contributed by atoms with Crippen LogP contribution in [0.1, 0.15) is 10.4 Å². The lowest BCUT2D eigenvalue weighted by atomic mass is 10.2. The first-order chi connectivity index (χ1) is 6.22. The van der Waals surface area contributed by atoms with Crippen LogP contribution in [0.15, 0.2) is 18.2 Å². The standard InChI is InChI=1S/C9H7ClN2O/c1-12-9(10)7-4-6(5-13)2-3-8(7)11-12/h2-5H,1H3. The lowest BCUT2D eigenvalue weighted by molar-refractivity contribution is 0.112. The van der Waals surface area contributed by atoms with Crippen molar-refractivity contribution in [3.63, 3.8) is 0 Å². The van der Waals surface area contributed by atoms with Gasteiger partial charge < -0.3 is 0 Å². The SMILES string of the molecule is Cn1nc2ccc(C=O)cc2c1Cl. The third-order valence-electron chi connectivity index (χ3n) is 1.92. The van der Waals surface area contributed by atoms with E-state index in [0.717, 1.165) is 17.2 Å². The van der Waals surface area contributed by atoms with Crippen LogP contribution in [0, 0.1) is 0 Å². The van der Waals surface area contributed by atoms with Crippen LogP contribution in [0.3, 0.4) is 0 Å². The summed E-state index contributed by atoms with van der Waals surface area (Å²) in [7, 11) is 1.77. The molecule has 0 saturated heterocycles. The van der Waals surface area contributed by atoms with Crippen LogP contribution in [0.25, 0.3) is 10.9 Å². The van der Waals surface area contributed by atoms with E-state index in [1.165, 1.54) is 0 Å². The Labute approximate surface area is 79.9 Å². The van der Waals surface area contributed by atoms with E-state index in [-0.39, 0.29) is 0 Å². The molecule has 0 saturated carbocycles. The van der Waals surface area contributed by atoms with Crippen LogP contribution in [-0.2, 0) is 7.05 Å². The molecule has 0 unspecified atom stereocenters. The van der Waals surface area contributed by atoms with Gasteiger partial charge in [0.05, 0.1) is 5.52 Å². The molecule has 0 aliphatic heterocycles. The predicted molar refractivity (Wildman–Crippen MR) is 51.1 cm³/mol. The number of aldehydes is 1. The number of fused-ring (bicyclic) bond motifs is 1. The van der Waals surface area contributed by atoms with Gasteiger partial charge in [0.2, 0.25) is 0 Å². The summed E-state index contributed by atoms with van der Waals surface area (Å²) in [5, 5.41) is 5.52. The van der Waals surface area contributed by atoms with Gasteiger partial charge in [-0.1, -0.05) is 11.6 Å². The lowest BCUT2D eigenvalue weighted by Gasteiger charge is -1.90. The monoisotopic (exact) mass is 194 g/mol. The van der Waals surface area contributed by atoms with Crippen molar-refractivity contribution in [2.45, 2.75) is 0 Å². The number of carbonyl (C=O) groups is 1. The smallest absolute Gasteiger partial charge is 0.150 e. The molecule has 2 aromatic rings. The summed E-state index contributed by atoms with van der Waals surface area (Å²) in [5.74, 6) is 0. The molecule has 2 rings (SSSR count). The second kappa shape index (κ2) is 2.85. The molecule has 0 radical (unpaired) electrons. The summed E-state index contributed by atoms with van der Waals surface area (Å²) in [6.07, 6.45) is 0.794. The average molecular weight is 195 g/mol. The van der Waals surface area contributed by atoms with E-state index in [1.54, 1.807) is 29.9 Å². The number of nitrogens with zero attached hydrogens (tertiary/aromatic N) is 2. The maximum atomic E-state index is 10.5. The van der Waals surface area contributed by atoms with Gasteiger partial charge in [-0.15, -0.1) is 0 Å². The highest BCUT2D eigenvalue weighted by molar-refractivity contribution is 6.34. The van der Waals surface area contributed by atoms with E-state index in [2.05, 4.69) is 5.10 Å². The Morgan fingerprint density at radius 2 is 2.31 bits per heavy atom. The highest BCUT2D eigenvalue weighted by atomic mass is 35.5. The number of rotatable bonds is 1. The van der Waals surface area contributed by atoms with Crippen molar-refractivity contribution in [1.29, 1.82) is 0 Å². The van der Waals surface area contributed by atoms with Crippen molar-refractivity contribution in [1.82, 2.24) is 9.78 Å². The second-order valence-electron chi connectivity index (χ2n) is 2.81. The molecule has 1 aromatic heterocycles. The topological polar surface area (TPSA) is 34.9 Å². The number of halogens is 1. The Morgan fingerprint density at radius 3 is 3.00 bits per heavy atom. The van der Waals surface area contributed by atoms with Crippen LogP contribution in [-0.4, -0.2) is 16.1 Å². The lowest BCUT2D eigenvalue weighted by Crippen LogP contribution is -1.87. The Kier molecular flexibility index (Phi) is 1.81. The fourth-order valence-corrected chi connectivity index (χ4v) is 1.45. The van der Waals surface area contributed by atoms with Gasteiger partial charge in [-0.25, -0.2) is 0 Å². The molecule has 1 aromatic carbocycles. The van der Waals surface area contributed by atoms with Crippen molar-refractivity contribution >= 4 is 28.8 Å². The van der Waals surface area contributed by atoms with E-state index in [0.29, 0.717) is 10.7 Å². The van der Waals surface area contributed by atoms with Gasteiger partial charge in [-0.3, -0.25) is 9.48 Å². The van der Waals surface area contributed by atoms with Crippen molar-refractivity contribution in [2.24, 2.45) is 7.05 Å². The molecular formula is C9H7ClN2O. The Morgan fingerprint density at radius 1 is 1.54 bits per heavy atom. The molecule has 0 aliphatic carbocycles. The molecular weight excluding hydrogens is 188 g/mol. The summed E-state index contributed by atoms with van der Waals surface area (Å²) in [6.45, 7) is 0. The van der Waals surface area contributed by atoms with Crippen LogP contribution in [0.5, 0.6) is 0 Å². The Hall–Kier alpha value is -1.35. The average Bonchev–Trinajstić information content (AvgIpc) is 2.43. The first-order valence-corrected chi connectivity index (χ1v) is 4.17. The van der Waals surface area contributed by atoms with E-state index in [4.69, 9.17) is 11.6 Å². The Bertz CT molecular complexity index is 476. The molecule has 4 heteroatoms. The molecule has 0 N–H and O–H groups in total. The maximum Gasteiger partial charge on any atom is 0.150 e. The molecule has 66 valence electrons. The van der Waals surface area contributed by atoms with Gasteiger partial charge in [0.25, 0.3) is 0 Å². The zero-order valence-electron chi connectivity index (χ0n) is 6.99. The molecule has 0 spiro atoms. The van der Waals surface area contributed by atoms with Crippen LogP contribution >= 0.6 is 11.6 Å². The summed E-state index contributed by atoms with van der Waals surface area (Å²) in [4.78, 5) is 10.5. The number of aryl methyl sites for hydroxylation is 1. The minimum atomic E-state index is 0.554. The highest BCUT2D eigenvalue weighted by Gasteiger charge is 2.06. The molecule has 0 bridgehead atoms. The minimum Gasteiger partial charge on any atom is -0.298 e. The zero-order chi connectivity index (χ0) is 9.42. The summed E-state index contributed by atoms with van der Waals surface area (Å²) in [5.41, 5.74) is 1.42. The van der Waals surface area contributed by atoms with Crippen molar-refractivity contribution < 1.29 is 4.79 Å². The van der Waals surface area contributed by atoms with E-state index in [1.807, 2.05) is 0 Å². The minimum absolute atomic E-state index is 0.554. The maximum absolute atomic E-state index is 10.5. The second-order valence-corrected chi connectivity index (χ2v) is 3.17. The molecule has 0 atom stereocenters. The van der Waals surface area contributed by atoms with Gasteiger partial charge >= 0.3 is 0 Å². The third kappa shape index (κ3) is 1.21. The van der Waals surface area contributed by atoms with Crippen molar-refractivity contribution in [3.05, 3.63) is 28.9 Å². The number of hydrogen-bond donors (Lipinski definition) is 0. The number of carbonyl (C=O) groups excluding carboxylic acids is 1. The fraction of sp³-hybridized carbons (Fsp3) is 0.111. The molecule has 3 nitrogen and oxygen atoms in total. The summed E-state index contributed by atoms with van der Waals surface area (Å²) >= 11 is 5.96. The molecule has 13 heavy (non-hydrogen) atoms. The van der Waals surface area contributed by atoms with Crippen molar-refractivity contribution in [2.75, 3.05) is 0 Å². The van der Waals surface area contributed by atoms with Crippen molar-refractivity contribution in [3.8, 4) is 0 Å². The van der Waals surface area contributed by atoms with Gasteiger partial charge in [0, 0.05) is 18.0 Å². The Balaban J connectivity index is 2.81. The molecule has 0 amide bonds. The largest absolute Gasteiger partial charge is 0.298 e.